The molecule has 1 aromatic rings. The standard InChI is InChI=1S/C21H30N4O4S/c1-14-12-15(8-9-17(14)25-10-4-5-11-25)22-19(26)7-3-2-6-18-20-16(13-30(18,28)29)23-21(27)24-20/h8-9,12,16,18,20H,2-7,10-11,13H2,1H3,(H,22,26)(H2,23,24,27)/t16-,18-,20+/m1/s1. The molecule has 3 aliphatic heterocycles. The molecule has 0 bridgehead atoms. The fourth-order valence-electron chi connectivity index (χ4n) is 4.91. The largest absolute Gasteiger partial charge is 0.371 e. The van der Waals surface area contributed by atoms with Crippen LogP contribution < -0.4 is 20.9 Å². The molecular weight excluding hydrogens is 404 g/mol. The highest BCUT2D eigenvalue weighted by Crippen LogP contribution is 2.29. The molecule has 3 N–H and O–H groups in total. The molecule has 0 aromatic heterocycles. The van der Waals surface area contributed by atoms with Crippen molar-refractivity contribution in [3.05, 3.63) is 23.8 Å². The minimum atomic E-state index is -3.22. The van der Waals surface area contributed by atoms with E-state index in [1.165, 1.54) is 18.5 Å². The molecule has 30 heavy (non-hydrogen) atoms. The van der Waals surface area contributed by atoms with E-state index in [0.29, 0.717) is 25.7 Å². The van der Waals surface area contributed by atoms with Gasteiger partial charge in [0, 0.05) is 30.9 Å². The Morgan fingerprint density at radius 3 is 2.70 bits per heavy atom. The lowest BCUT2D eigenvalue weighted by molar-refractivity contribution is -0.116. The number of hydrogen-bond donors (Lipinski definition) is 3. The third kappa shape index (κ3) is 4.40. The summed E-state index contributed by atoms with van der Waals surface area (Å²) in [4.78, 5) is 26.1. The monoisotopic (exact) mass is 434 g/mol. The summed E-state index contributed by atoms with van der Waals surface area (Å²) in [5, 5.41) is 7.77. The van der Waals surface area contributed by atoms with Crippen LogP contribution >= 0.6 is 0 Å². The first-order valence-corrected chi connectivity index (χ1v) is 12.5. The SMILES string of the molecule is Cc1cc(NC(=O)CCCC[C@@H]2[C@H]3NC(=O)N[C@@H]3CS2(=O)=O)ccc1N1CCCC1. The average molecular weight is 435 g/mol. The minimum absolute atomic E-state index is 0.00562. The molecule has 3 saturated heterocycles. The highest BCUT2D eigenvalue weighted by atomic mass is 32.2. The molecule has 3 atom stereocenters. The summed E-state index contributed by atoms with van der Waals surface area (Å²) in [5.41, 5.74) is 3.18. The molecule has 3 heterocycles. The van der Waals surface area contributed by atoms with Crippen molar-refractivity contribution in [2.45, 2.75) is 62.8 Å². The lowest BCUT2D eigenvalue weighted by atomic mass is 10.0. The second-order valence-corrected chi connectivity index (χ2v) is 10.9. The Morgan fingerprint density at radius 2 is 1.97 bits per heavy atom. The third-order valence-electron chi connectivity index (χ3n) is 6.39. The molecule has 0 unspecified atom stereocenters. The Labute approximate surface area is 177 Å². The van der Waals surface area contributed by atoms with Crippen LogP contribution in [0.4, 0.5) is 16.2 Å². The molecule has 3 amide bonds. The Hall–Kier alpha value is -2.29. The fourth-order valence-corrected chi connectivity index (χ4v) is 7.17. The molecule has 0 saturated carbocycles. The number of aryl methyl sites for hydroxylation is 1. The summed E-state index contributed by atoms with van der Waals surface area (Å²) in [6, 6.07) is 5.04. The van der Waals surface area contributed by atoms with E-state index >= 15 is 0 Å². The second-order valence-electron chi connectivity index (χ2n) is 8.61. The van der Waals surface area contributed by atoms with Gasteiger partial charge in [-0.15, -0.1) is 0 Å². The van der Waals surface area contributed by atoms with E-state index in [4.69, 9.17) is 0 Å². The summed E-state index contributed by atoms with van der Waals surface area (Å²) in [5.74, 6) is -0.0692. The van der Waals surface area contributed by atoms with Gasteiger partial charge in [-0.1, -0.05) is 6.42 Å². The lowest BCUT2D eigenvalue weighted by Crippen LogP contribution is -2.39. The third-order valence-corrected chi connectivity index (χ3v) is 8.67. The molecular formula is C21H30N4O4S. The Kier molecular flexibility index (Phi) is 5.90. The number of nitrogens with one attached hydrogen (secondary N) is 3. The zero-order chi connectivity index (χ0) is 21.3. The number of rotatable bonds is 7. The molecule has 164 valence electrons. The Balaban J connectivity index is 1.23. The number of carbonyl (C=O) groups is 2. The Bertz CT molecular complexity index is 927. The molecule has 4 rings (SSSR count). The van der Waals surface area contributed by atoms with Gasteiger partial charge in [0.1, 0.15) is 0 Å². The molecule has 0 aliphatic carbocycles. The summed E-state index contributed by atoms with van der Waals surface area (Å²) < 4.78 is 24.7. The van der Waals surface area contributed by atoms with Gasteiger partial charge in [-0.05, 0) is 56.4 Å². The number of hydrogen-bond acceptors (Lipinski definition) is 5. The van der Waals surface area contributed by atoms with Crippen molar-refractivity contribution in [1.29, 1.82) is 0 Å². The molecule has 1 aromatic carbocycles. The van der Waals surface area contributed by atoms with Crippen LogP contribution in [0.15, 0.2) is 18.2 Å². The topological polar surface area (TPSA) is 108 Å². The molecule has 3 aliphatic rings. The smallest absolute Gasteiger partial charge is 0.315 e. The number of nitrogens with zero attached hydrogens (tertiary/aromatic N) is 1. The quantitative estimate of drug-likeness (QED) is 0.449. The van der Waals surface area contributed by atoms with Crippen molar-refractivity contribution in [2.75, 3.05) is 29.1 Å². The minimum Gasteiger partial charge on any atom is -0.371 e. The summed E-state index contributed by atoms with van der Waals surface area (Å²) in [7, 11) is -3.22. The van der Waals surface area contributed by atoms with Gasteiger partial charge in [0.25, 0.3) is 0 Å². The fraction of sp³-hybridized carbons (Fsp3) is 0.619. The second kappa shape index (κ2) is 8.45. The van der Waals surface area contributed by atoms with Crippen LogP contribution in [0, 0.1) is 6.92 Å². The van der Waals surface area contributed by atoms with E-state index in [9.17, 15) is 18.0 Å². The van der Waals surface area contributed by atoms with Gasteiger partial charge in [-0.2, -0.15) is 0 Å². The summed E-state index contributed by atoms with van der Waals surface area (Å²) in [6.45, 7) is 4.24. The van der Waals surface area contributed by atoms with E-state index in [0.717, 1.165) is 24.3 Å². The van der Waals surface area contributed by atoms with Crippen molar-refractivity contribution in [3.63, 3.8) is 0 Å². The normalized spacial score (nSPS) is 26.9. The molecule has 0 spiro atoms. The first-order chi connectivity index (χ1) is 14.3. The van der Waals surface area contributed by atoms with Crippen molar-refractivity contribution in [2.24, 2.45) is 0 Å². The van der Waals surface area contributed by atoms with Crippen LogP contribution in [-0.4, -0.2) is 56.5 Å². The number of amides is 3. The maximum Gasteiger partial charge on any atom is 0.315 e. The van der Waals surface area contributed by atoms with Crippen LogP contribution in [0.1, 0.15) is 44.1 Å². The van der Waals surface area contributed by atoms with Crippen molar-refractivity contribution in [1.82, 2.24) is 10.6 Å². The maximum absolute atomic E-state index is 12.3. The van der Waals surface area contributed by atoms with Gasteiger partial charge in [-0.25, -0.2) is 13.2 Å². The number of fused-ring (bicyclic) bond motifs is 1. The van der Waals surface area contributed by atoms with Crippen LogP contribution in [0.25, 0.3) is 0 Å². The van der Waals surface area contributed by atoms with E-state index in [1.807, 2.05) is 12.1 Å². The van der Waals surface area contributed by atoms with E-state index in [2.05, 4.69) is 33.8 Å². The first-order valence-electron chi connectivity index (χ1n) is 10.8. The zero-order valence-corrected chi connectivity index (χ0v) is 18.1. The highest BCUT2D eigenvalue weighted by molar-refractivity contribution is 7.92. The number of sulfone groups is 1. The van der Waals surface area contributed by atoms with Gasteiger partial charge < -0.3 is 20.9 Å². The highest BCUT2D eigenvalue weighted by Gasteiger charge is 2.51. The number of unbranched alkanes of at least 4 members (excludes halogenated alkanes) is 1. The first kappa shape index (κ1) is 21.0. The molecule has 9 heteroatoms. The van der Waals surface area contributed by atoms with E-state index in [1.54, 1.807) is 0 Å². The maximum atomic E-state index is 12.3. The van der Waals surface area contributed by atoms with Gasteiger partial charge in [0.2, 0.25) is 5.91 Å². The predicted octanol–water partition coefficient (Wildman–Crippen LogP) is 1.94. The van der Waals surface area contributed by atoms with Crippen molar-refractivity contribution >= 4 is 33.2 Å². The van der Waals surface area contributed by atoms with Crippen LogP contribution in [0.2, 0.25) is 0 Å². The van der Waals surface area contributed by atoms with Crippen LogP contribution in [0.5, 0.6) is 0 Å². The molecule has 8 nitrogen and oxygen atoms in total. The van der Waals surface area contributed by atoms with E-state index < -0.39 is 15.1 Å². The summed E-state index contributed by atoms with van der Waals surface area (Å²) in [6.07, 6.45) is 4.50. The molecule has 3 fully saturated rings. The molecule has 0 radical (unpaired) electrons. The van der Waals surface area contributed by atoms with Crippen molar-refractivity contribution < 1.29 is 18.0 Å². The van der Waals surface area contributed by atoms with E-state index in [-0.39, 0.29) is 29.8 Å². The summed E-state index contributed by atoms with van der Waals surface area (Å²) >= 11 is 0. The average Bonchev–Trinajstić information content (AvgIpc) is 3.35. The van der Waals surface area contributed by atoms with Crippen LogP contribution in [0.3, 0.4) is 0 Å². The Morgan fingerprint density at radius 1 is 1.20 bits per heavy atom. The van der Waals surface area contributed by atoms with Gasteiger partial charge >= 0.3 is 6.03 Å². The van der Waals surface area contributed by atoms with Crippen molar-refractivity contribution in [3.8, 4) is 0 Å². The zero-order valence-electron chi connectivity index (χ0n) is 17.3. The predicted molar refractivity (Wildman–Crippen MR) is 117 cm³/mol. The lowest BCUT2D eigenvalue weighted by Gasteiger charge is -2.20. The number of urea groups is 1. The number of carbonyl (C=O) groups excluding carboxylic acids is 2. The number of anilines is 2. The van der Waals surface area contributed by atoms with Gasteiger partial charge in [0.05, 0.1) is 23.1 Å². The van der Waals surface area contributed by atoms with Gasteiger partial charge in [0.15, 0.2) is 9.84 Å². The number of benzene rings is 1. The van der Waals surface area contributed by atoms with Crippen LogP contribution in [-0.2, 0) is 14.6 Å². The van der Waals surface area contributed by atoms with Gasteiger partial charge in [-0.3, -0.25) is 4.79 Å².